The fourth-order valence-corrected chi connectivity index (χ4v) is 0.346. The lowest BCUT2D eigenvalue weighted by Gasteiger charge is -2.01. The summed E-state index contributed by atoms with van der Waals surface area (Å²) in [7, 11) is 0. The van der Waals surface area contributed by atoms with Gasteiger partial charge in [0, 0.05) is 0 Å². The maximum Gasteiger partial charge on any atom is 0.387 e. The Morgan fingerprint density at radius 2 is 2.22 bits per heavy atom. The molecule has 0 aliphatic carbocycles. The van der Waals surface area contributed by atoms with Crippen molar-refractivity contribution in [2.75, 3.05) is 0 Å². The summed E-state index contributed by atoms with van der Waals surface area (Å²) in [5, 5.41) is 0. The third-order valence-corrected chi connectivity index (χ3v) is 0.628. The fraction of sp³-hybridized carbons (Fsp3) is 0.333. The van der Waals surface area contributed by atoms with Gasteiger partial charge in [0.2, 0.25) is 0 Å². The van der Waals surface area contributed by atoms with Crippen molar-refractivity contribution in [2.24, 2.45) is 0 Å². The van der Waals surface area contributed by atoms with E-state index in [2.05, 4.69) is 11.3 Å². The van der Waals surface area contributed by atoms with Crippen molar-refractivity contribution in [3.63, 3.8) is 0 Å². The predicted molar refractivity (Wildman–Crippen MR) is 31.0 cm³/mol. The van der Waals surface area contributed by atoms with Crippen molar-refractivity contribution in [1.82, 2.24) is 0 Å². The van der Waals surface area contributed by atoms with Crippen molar-refractivity contribution >= 4 is 0 Å². The summed E-state index contributed by atoms with van der Waals surface area (Å²) in [6.45, 7) is 2.01. The number of hydrogen-bond acceptors (Lipinski definition) is 1. The minimum atomic E-state index is -2.74. The number of halogens is 2. The average molecular weight is 134 g/mol. The quantitative estimate of drug-likeness (QED) is 0.425. The van der Waals surface area contributed by atoms with E-state index in [1.54, 1.807) is 0 Å². The molecule has 0 rings (SSSR count). The van der Waals surface area contributed by atoms with Gasteiger partial charge in [-0.05, 0) is 13.0 Å². The lowest BCUT2D eigenvalue weighted by Crippen LogP contribution is -1.95. The highest BCUT2D eigenvalue weighted by molar-refractivity contribution is 5.01. The Morgan fingerprint density at radius 1 is 1.67 bits per heavy atom. The van der Waals surface area contributed by atoms with Crippen LogP contribution >= 0.6 is 0 Å². The van der Waals surface area contributed by atoms with Crippen LogP contribution in [0.3, 0.4) is 0 Å². The summed E-state index contributed by atoms with van der Waals surface area (Å²) in [6, 6.07) is 0. The number of alkyl halides is 2. The molecule has 0 radical (unpaired) electrons. The first-order valence-electron chi connectivity index (χ1n) is 2.41. The normalized spacial score (nSPS) is 11.8. The average Bonchev–Trinajstić information content (AvgIpc) is 1.63. The minimum absolute atomic E-state index is 0.167. The summed E-state index contributed by atoms with van der Waals surface area (Å²) in [5.41, 5.74) is 0. The summed E-state index contributed by atoms with van der Waals surface area (Å²) in [4.78, 5) is 0. The summed E-state index contributed by atoms with van der Waals surface area (Å²) >= 11 is 0. The zero-order chi connectivity index (χ0) is 7.28. The molecule has 0 bridgehead atoms. The summed E-state index contributed by atoms with van der Waals surface area (Å²) < 4.78 is 26.6. The topological polar surface area (TPSA) is 9.23 Å². The summed E-state index contributed by atoms with van der Waals surface area (Å²) in [5.74, 6) is 0.167. The number of rotatable bonds is 3. The van der Waals surface area contributed by atoms with Gasteiger partial charge in [0.1, 0.15) is 0 Å². The van der Waals surface area contributed by atoms with Crippen LogP contribution in [0.15, 0.2) is 24.5 Å². The molecule has 0 spiro atoms. The minimum Gasteiger partial charge on any atom is -0.440 e. The molecule has 0 N–H and O–H groups in total. The van der Waals surface area contributed by atoms with E-state index in [1.165, 1.54) is 19.1 Å². The lowest BCUT2D eigenvalue weighted by molar-refractivity contribution is -0.0953. The molecule has 0 aliphatic heterocycles. The Labute approximate surface area is 52.6 Å². The van der Waals surface area contributed by atoms with Crippen molar-refractivity contribution in [1.29, 1.82) is 0 Å². The molecule has 9 heavy (non-hydrogen) atoms. The second-order valence-electron chi connectivity index (χ2n) is 1.39. The predicted octanol–water partition coefficient (Wildman–Crippen LogP) is 2.32. The van der Waals surface area contributed by atoms with E-state index in [4.69, 9.17) is 0 Å². The Hall–Kier alpha value is -0.860. The van der Waals surface area contributed by atoms with E-state index in [1.807, 2.05) is 0 Å². The van der Waals surface area contributed by atoms with Crippen LogP contribution in [0.5, 0.6) is 0 Å². The smallest absolute Gasteiger partial charge is 0.387 e. The van der Waals surface area contributed by atoms with E-state index < -0.39 is 6.61 Å². The molecule has 0 saturated carbocycles. The molecule has 0 aromatic heterocycles. The first kappa shape index (κ1) is 8.14. The largest absolute Gasteiger partial charge is 0.440 e. The standard InChI is InChI=1S/C6H8F2O/c1-3-4-5(2)9-6(7)8/h3-4,6H,1H2,2H3. The highest BCUT2D eigenvalue weighted by Crippen LogP contribution is 2.03. The van der Waals surface area contributed by atoms with Gasteiger partial charge in [-0.1, -0.05) is 12.7 Å². The maximum atomic E-state index is 11.3. The zero-order valence-electron chi connectivity index (χ0n) is 5.10. The Kier molecular flexibility index (Phi) is 3.67. The van der Waals surface area contributed by atoms with Crippen LogP contribution < -0.4 is 0 Å². The maximum absolute atomic E-state index is 11.3. The molecule has 1 nitrogen and oxygen atoms in total. The van der Waals surface area contributed by atoms with Crippen LogP contribution in [0.1, 0.15) is 6.92 Å². The van der Waals surface area contributed by atoms with Gasteiger partial charge in [-0.3, -0.25) is 0 Å². The first-order chi connectivity index (χ1) is 4.16. The van der Waals surface area contributed by atoms with Gasteiger partial charge < -0.3 is 4.74 Å². The molecule has 0 fully saturated rings. The van der Waals surface area contributed by atoms with Gasteiger partial charge in [-0.2, -0.15) is 8.78 Å². The van der Waals surface area contributed by atoms with Crippen molar-refractivity contribution < 1.29 is 13.5 Å². The molecule has 0 amide bonds. The monoisotopic (exact) mass is 134 g/mol. The molecule has 52 valence electrons. The van der Waals surface area contributed by atoms with Crippen molar-refractivity contribution in [3.8, 4) is 0 Å². The lowest BCUT2D eigenvalue weighted by atomic mass is 10.5. The highest BCUT2D eigenvalue weighted by Gasteiger charge is 1.99. The van der Waals surface area contributed by atoms with E-state index in [0.717, 1.165) is 0 Å². The van der Waals surface area contributed by atoms with Crippen LogP contribution in [0.2, 0.25) is 0 Å². The zero-order valence-corrected chi connectivity index (χ0v) is 5.10. The molecule has 0 atom stereocenters. The number of hydrogen-bond donors (Lipinski definition) is 0. The fourth-order valence-electron chi connectivity index (χ4n) is 0.346. The molecule has 0 unspecified atom stereocenters. The molecule has 0 saturated heterocycles. The van der Waals surface area contributed by atoms with Crippen LogP contribution in [0, 0.1) is 0 Å². The summed E-state index contributed by atoms with van der Waals surface area (Å²) in [6.07, 6.45) is 2.75. The van der Waals surface area contributed by atoms with Crippen LogP contribution in [0.4, 0.5) is 8.78 Å². The second kappa shape index (κ2) is 4.06. The first-order valence-corrected chi connectivity index (χ1v) is 2.41. The molecule has 0 aromatic rings. The molecule has 0 aromatic carbocycles. The Bertz CT molecular complexity index is 118. The Morgan fingerprint density at radius 3 is 2.56 bits per heavy atom. The SMILES string of the molecule is C=CC=C(C)OC(F)F. The van der Waals surface area contributed by atoms with Gasteiger partial charge in [0.05, 0.1) is 5.76 Å². The van der Waals surface area contributed by atoms with Gasteiger partial charge in [-0.15, -0.1) is 0 Å². The van der Waals surface area contributed by atoms with Gasteiger partial charge in [-0.25, -0.2) is 0 Å². The van der Waals surface area contributed by atoms with E-state index >= 15 is 0 Å². The van der Waals surface area contributed by atoms with E-state index in [0.29, 0.717) is 0 Å². The van der Waals surface area contributed by atoms with Gasteiger partial charge in [0.25, 0.3) is 0 Å². The Balaban J connectivity index is 3.61. The third-order valence-electron chi connectivity index (χ3n) is 0.628. The van der Waals surface area contributed by atoms with E-state index in [9.17, 15) is 8.78 Å². The van der Waals surface area contributed by atoms with Crippen molar-refractivity contribution in [2.45, 2.75) is 13.5 Å². The number of ether oxygens (including phenoxy) is 1. The molecule has 3 heteroatoms. The molecule has 0 heterocycles. The van der Waals surface area contributed by atoms with Crippen LogP contribution in [-0.2, 0) is 4.74 Å². The third kappa shape index (κ3) is 5.00. The molecule has 0 aliphatic rings. The van der Waals surface area contributed by atoms with Crippen LogP contribution in [-0.4, -0.2) is 6.61 Å². The highest BCUT2D eigenvalue weighted by atomic mass is 19.3. The van der Waals surface area contributed by atoms with Gasteiger partial charge in [0.15, 0.2) is 0 Å². The van der Waals surface area contributed by atoms with Gasteiger partial charge >= 0.3 is 6.61 Å². The molecular formula is C6H8F2O. The van der Waals surface area contributed by atoms with Crippen molar-refractivity contribution in [3.05, 3.63) is 24.5 Å². The van der Waals surface area contributed by atoms with Crippen LogP contribution in [0.25, 0.3) is 0 Å². The second-order valence-corrected chi connectivity index (χ2v) is 1.39. The number of allylic oxidation sites excluding steroid dienone is 3. The molecular weight excluding hydrogens is 126 g/mol. The van der Waals surface area contributed by atoms with E-state index in [-0.39, 0.29) is 5.76 Å².